The monoisotopic (exact) mass is 701 g/mol. The van der Waals surface area contributed by atoms with Crippen LogP contribution in [0.3, 0.4) is 0 Å². The molecule has 4 aromatic rings. The Kier molecular flexibility index (Phi) is 8.73. The molecule has 0 saturated carbocycles. The lowest BCUT2D eigenvalue weighted by atomic mass is 10.1. The zero-order chi connectivity index (χ0) is 33.7. The second kappa shape index (κ2) is 12.5. The van der Waals surface area contributed by atoms with E-state index in [0.717, 1.165) is 6.33 Å². The van der Waals surface area contributed by atoms with Crippen molar-refractivity contribution in [3.63, 3.8) is 0 Å². The first-order valence-electron chi connectivity index (χ1n) is 13.3. The van der Waals surface area contributed by atoms with Gasteiger partial charge in [-0.3, -0.25) is 32.5 Å². The number of aromatic nitrogens is 8. The topological polar surface area (TPSA) is 369 Å². The van der Waals surface area contributed by atoms with E-state index in [-0.39, 0.29) is 40.5 Å². The number of H-pyrrole nitrogens is 1. The Morgan fingerprint density at radius 3 is 2.51 bits per heavy atom. The molecule has 6 rings (SSSR count). The van der Waals surface area contributed by atoms with Gasteiger partial charge in [0.2, 0.25) is 5.95 Å². The molecule has 25 nitrogen and oxygen atoms in total. The fraction of sp³-hybridized carbons (Fsp3) is 0.500. The number of fused-ring (bicyclic) bond motifs is 2. The minimum Gasteiger partial charge on any atom is -0.386 e. The summed E-state index contributed by atoms with van der Waals surface area (Å²) in [4.78, 5) is 66.3. The number of nitrogens with one attached hydrogen (secondary N) is 1. The third kappa shape index (κ3) is 6.69. The highest BCUT2D eigenvalue weighted by Gasteiger charge is 2.50. The number of rotatable bonds is 11. The molecule has 0 aliphatic carbocycles. The van der Waals surface area contributed by atoms with Gasteiger partial charge in [-0.15, -0.1) is 0 Å². The number of nitrogens with two attached hydrogens (primary N) is 2. The number of aliphatic hydroxyl groups is 1. The Bertz CT molecular complexity index is 2010. The van der Waals surface area contributed by atoms with Gasteiger partial charge < -0.3 is 40.7 Å². The number of imidazole rings is 2. The third-order valence-corrected chi connectivity index (χ3v) is 8.67. The lowest BCUT2D eigenvalue weighted by Crippen LogP contribution is -2.36. The summed E-state index contributed by atoms with van der Waals surface area (Å²) in [6.45, 7) is -1.57. The maximum Gasteiger partial charge on any atom is 0.472 e. The summed E-state index contributed by atoms with van der Waals surface area (Å²) in [7, 11) is -10.2. The highest BCUT2D eigenvalue weighted by atomic mass is 31.2. The number of aromatic amines is 1. The quantitative estimate of drug-likeness (QED) is 0.0425. The van der Waals surface area contributed by atoms with Gasteiger partial charge in [-0.25, -0.2) is 29.1 Å². The van der Waals surface area contributed by atoms with Crippen LogP contribution < -0.4 is 17.0 Å². The zero-order valence-electron chi connectivity index (χ0n) is 23.5. The molecule has 0 spiro atoms. The number of aliphatic hydroxyl groups excluding tert-OH is 1. The van der Waals surface area contributed by atoms with Crippen LogP contribution in [0, 0.1) is 0 Å². The van der Waals surface area contributed by atoms with E-state index in [1.807, 2.05) is 0 Å². The van der Waals surface area contributed by atoms with E-state index in [1.54, 1.807) is 0 Å². The van der Waals surface area contributed by atoms with Crippen molar-refractivity contribution in [1.29, 1.82) is 0 Å². The summed E-state index contributed by atoms with van der Waals surface area (Å²) >= 11 is 0. The standard InChI is InChI=1S/C20H25N13O12P2/c21-15-11-16(25-4-24-15)33(6-26-11)19-13(34)14(9(44-19)3-41-46(36,37)38)45-47(39,40)42-2-8-7(30-31-23)1-10(43-8)32-5-27-12-17(32)28-20(22)29-18(12)35/h4-10,13-14,19,34H,1-3H2,(H,39,40)(H2,21,24,25)(H2,36,37,38)(H3,22,28,29,35)/t7?,8-,9-,10-,13-,14-,19-/m1/s1. The van der Waals surface area contributed by atoms with Gasteiger partial charge in [0.05, 0.1) is 38.0 Å². The Morgan fingerprint density at radius 1 is 1.04 bits per heavy atom. The van der Waals surface area contributed by atoms with Crippen molar-refractivity contribution in [2.24, 2.45) is 5.11 Å². The molecule has 252 valence electrons. The summed E-state index contributed by atoms with van der Waals surface area (Å²) in [5.74, 6) is -0.176. The van der Waals surface area contributed by atoms with E-state index >= 15 is 0 Å². The van der Waals surface area contributed by atoms with Gasteiger partial charge in [-0.1, -0.05) is 5.11 Å². The maximum atomic E-state index is 13.2. The van der Waals surface area contributed by atoms with E-state index < -0.39 is 77.3 Å². The van der Waals surface area contributed by atoms with Gasteiger partial charge in [0.25, 0.3) is 5.56 Å². The molecule has 2 unspecified atom stereocenters. The van der Waals surface area contributed by atoms with Crippen LogP contribution in [0.4, 0.5) is 11.8 Å². The Hall–Kier alpha value is -4.09. The van der Waals surface area contributed by atoms with Crippen molar-refractivity contribution < 1.29 is 52.0 Å². The second-order valence-electron chi connectivity index (χ2n) is 10.2. The van der Waals surface area contributed by atoms with Gasteiger partial charge in [0.15, 0.2) is 28.9 Å². The predicted molar refractivity (Wildman–Crippen MR) is 152 cm³/mol. The molecule has 0 aromatic carbocycles. The van der Waals surface area contributed by atoms with E-state index in [1.165, 1.54) is 21.8 Å². The highest BCUT2D eigenvalue weighted by Crippen LogP contribution is 2.50. The number of hydrogen-bond donors (Lipinski definition) is 7. The van der Waals surface area contributed by atoms with Gasteiger partial charge in [-0.05, 0) is 5.53 Å². The molecule has 0 amide bonds. The maximum absolute atomic E-state index is 13.2. The first-order chi connectivity index (χ1) is 22.2. The van der Waals surface area contributed by atoms with Crippen molar-refractivity contribution in [1.82, 2.24) is 39.0 Å². The summed E-state index contributed by atoms with van der Waals surface area (Å²) in [5, 5.41) is 14.8. The van der Waals surface area contributed by atoms with E-state index in [9.17, 15) is 33.7 Å². The number of anilines is 2. The molecular formula is C20H25N13O12P2. The second-order valence-corrected chi connectivity index (χ2v) is 12.8. The van der Waals surface area contributed by atoms with Crippen LogP contribution in [0.2, 0.25) is 0 Å². The number of phosphoric ester groups is 2. The van der Waals surface area contributed by atoms with Crippen LogP contribution in [0.25, 0.3) is 32.8 Å². The highest BCUT2D eigenvalue weighted by molar-refractivity contribution is 7.47. The molecule has 2 aliphatic rings. The van der Waals surface area contributed by atoms with E-state index in [4.69, 9.17) is 35.5 Å². The molecule has 0 radical (unpaired) electrons. The van der Waals surface area contributed by atoms with E-state index in [0.29, 0.717) is 0 Å². The van der Waals surface area contributed by atoms with Gasteiger partial charge in [-0.2, -0.15) is 4.98 Å². The molecule has 0 bridgehead atoms. The smallest absolute Gasteiger partial charge is 0.386 e. The Morgan fingerprint density at radius 2 is 1.77 bits per heavy atom. The number of phosphoric acid groups is 2. The molecule has 2 fully saturated rings. The predicted octanol–water partition coefficient (Wildman–Crippen LogP) is -1.04. The normalized spacial score (nSPS) is 27.7. The average molecular weight is 701 g/mol. The van der Waals surface area contributed by atoms with Crippen molar-refractivity contribution in [2.75, 3.05) is 24.7 Å². The van der Waals surface area contributed by atoms with Crippen LogP contribution in [-0.2, 0) is 32.2 Å². The molecule has 4 aromatic heterocycles. The number of ether oxygens (including phenoxy) is 2. The molecule has 47 heavy (non-hydrogen) atoms. The minimum absolute atomic E-state index is 0.00867. The Balaban J connectivity index is 1.19. The van der Waals surface area contributed by atoms with Crippen molar-refractivity contribution in [2.45, 2.75) is 49.3 Å². The van der Waals surface area contributed by atoms with Crippen LogP contribution in [0.15, 0.2) is 28.9 Å². The van der Waals surface area contributed by atoms with Gasteiger partial charge in [0.1, 0.15) is 36.4 Å². The average Bonchev–Trinajstić information content (AvgIpc) is 3.77. The number of nitrogens with zero attached hydrogens (tertiary/aromatic N) is 10. The SMILES string of the molecule is [N-]=[N+]=NC1C[C@H](n2cnc3c(=O)[nH]c(N)nc32)O[C@@H]1COP(=O)(O)O[C@H]1[C@@H](O)[C@H](n2cnc3c(N)ncnc32)O[C@@H]1COP(=O)(O)O. The number of azide groups is 1. The number of hydrogen-bond acceptors (Lipinski definition) is 17. The summed E-state index contributed by atoms with van der Waals surface area (Å²) < 4.78 is 53.6. The number of nitrogen functional groups attached to an aromatic ring is 2. The van der Waals surface area contributed by atoms with Crippen molar-refractivity contribution in [3.8, 4) is 0 Å². The summed E-state index contributed by atoms with van der Waals surface area (Å²) in [6, 6.07) is -0.945. The molecule has 2 saturated heterocycles. The van der Waals surface area contributed by atoms with Gasteiger partial charge >= 0.3 is 15.6 Å². The minimum atomic E-state index is -5.14. The van der Waals surface area contributed by atoms with Crippen LogP contribution in [-0.4, -0.2) is 102 Å². The molecule has 6 heterocycles. The van der Waals surface area contributed by atoms with Crippen LogP contribution in [0.1, 0.15) is 18.9 Å². The lowest BCUT2D eigenvalue weighted by molar-refractivity contribution is -0.0515. The Labute approximate surface area is 259 Å². The molecule has 2 aliphatic heterocycles. The zero-order valence-corrected chi connectivity index (χ0v) is 25.3. The largest absolute Gasteiger partial charge is 0.472 e. The van der Waals surface area contributed by atoms with Crippen LogP contribution in [0.5, 0.6) is 0 Å². The summed E-state index contributed by atoms with van der Waals surface area (Å²) in [5.41, 5.74) is 20.2. The summed E-state index contributed by atoms with van der Waals surface area (Å²) in [6.07, 6.45) is -4.97. The lowest BCUT2D eigenvalue weighted by Gasteiger charge is -2.24. The first-order valence-corrected chi connectivity index (χ1v) is 16.3. The van der Waals surface area contributed by atoms with Crippen molar-refractivity contribution >= 4 is 49.7 Å². The first kappa shape index (κ1) is 32.8. The fourth-order valence-electron chi connectivity index (χ4n) is 5.17. The van der Waals surface area contributed by atoms with Gasteiger partial charge in [0, 0.05) is 11.3 Å². The fourth-order valence-corrected chi connectivity index (χ4v) is 6.48. The van der Waals surface area contributed by atoms with Crippen molar-refractivity contribution in [3.05, 3.63) is 39.8 Å². The molecule has 27 heteroatoms. The van der Waals surface area contributed by atoms with E-state index in [2.05, 4.69) is 44.5 Å². The molecular weight excluding hydrogens is 676 g/mol. The van der Waals surface area contributed by atoms with Crippen LogP contribution >= 0.6 is 15.6 Å². The molecule has 8 atom stereocenters. The third-order valence-electron chi connectivity index (χ3n) is 7.20. The molecule has 9 N–H and O–H groups in total.